The van der Waals surface area contributed by atoms with Crippen LogP contribution in [0.2, 0.25) is 0 Å². The fraction of sp³-hybridized carbons (Fsp3) is 0.346. The van der Waals surface area contributed by atoms with Gasteiger partial charge in [-0.3, -0.25) is 25.1 Å². The fourth-order valence-corrected chi connectivity index (χ4v) is 3.93. The molecule has 2 aliphatic rings. The number of hydrogen-bond acceptors (Lipinski definition) is 9. The van der Waals surface area contributed by atoms with Gasteiger partial charge in [0.1, 0.15) is 13.1 Å². The van der Waals surface area contributed by atoms with Crippen LogP contribution >= 0.6 is 0 Å². The number of amides is 3. The molecule has 0 radical (unpaired) electrons. The molecule has 3 amide bonds. The summed E-state index contributed by atoms with van der Waals surface area (Å²) < 4.78 is 21.2. The van der Waals surface area contributed by atoms with Crippen LogP contribution in [-0.4, -0.2) is 54.5 Å². The van der Waals surface area contributed by atoms with Gasteiger partial charge in [0.25, 0.3) is 0 Å². The Kier molecular flexibility index (Phi) is 8.88. The molecule has 0 unspecified atom stereocenters. The van der Waals surface area contributed by atoms with Gasteiger partial charge in [0.2, 0.25) is 31.3 Å². The van der Waals surface area contributed by atoms with Crippen molar-refractivity contribution in [3.05, 3.63) is 48.7 Å². The monoisotopic (exact) mass is 526 g/mol. The Morgan fingerprint density at radius 2 is 1.26 bits per heavy atom. The first-order chi connectivity index (χ1) is 18.4. The number of hydroxylamine groups is 1. The van der Waals surface area contributed by atoms with E-state index in [1.165, 1.54) is 4.90 Å². The van der Waals surface area contributed by atoms with Gasteiger partial charge in [-0.1, -0.05) is 13.0 Å². The lowest BCUT2D eigenvalue weighted by atomic mass is 10.1. The van der Waals surface area contributed by atoms with Gasteiger partial charge in [-0.25, -0.2) is 0 Å². The van der Waals surface area contributed by atoms with Gasteiger partial charge in [-0.05, 0) is 43.5 Å². The summed E-state index contributed by atoms with van der Waals surface area (Å²) in [7, 11) is 0. The van der Waals surface area contributed by atoms with Crippen molar-refractivity contribution in [2.24, 2.45) is 0 Å². The summed E-state index contributed by atoms with van der Waals surface area (Å²) in [6.07, 6.45) is 2.74. The van der Waals surface area contributed by atoms with Crippen molar-refractivity contribution in [1.82, 2.24) is 10.4 Å². The first-order valence-corrected chi connectivity index (χ1v) is 12.2. The summed E-state index contributed by atoms with van der Waals surface area (Å²) >= 11 is 0. The number of ether oxygens (including phenoxy) is 4. The lowest BCUT2D eigenvalue weighted by molar-refractivity contribution is -0.137. The number of unbranched alkanes of at least 4 members (excludes halogenated alkanes) is 2. The Balaban J connectivity index is 1.35. The van der Waals surface area contributed by atoms with E-state index in [0.29, 0.717) is 59.3 Å². The van der Waals surface area contributed by atoms with Crippen molar-refractivity contribution in [2.45, 2.75) is 32.1 Å². The Morgan fingerprint density at radius 1 is 0.763 bits per heavy atom. The number of benzene rings is 2. The molecule has 0 aromatic heterocycles. The number of nitrogens with one attached hydrogen (secondary N) is 3. The molecule has 2 heterocycles. The van der Waals surface area contributed by atoms with Crippen LogP contribution in [0.1, 0.15) is 32.1 Å². The maximum absolute atomic E-state index is 13.0. The van der Waals surface area contributed by atoms with Gasteiger partial charge in [-0.15, -0.1) is 0 Å². The van der Waals surface area contributed by atoms with Crippen molar-refractivity contribution in [3.63, 3.8) is 0 Å². The molecule has 0 saturated carbocycles. The van der Waals surface area contributed by atoms with Crippen LogP contribution in [-0.2, 0) is 14.4 Å². The molecule has 2 aromatic carbocycles. The molecule has 0 fully saturated rings. The van der Waals surface area contributed by atoms with E-state index in [1.807, 2.05) is 5.48 Å². The molecule has 202 valence electrons. The first kappa shape index (κ1) is 26.6. The highest BCUT2D eigenvalue weighted by Crippen LogP contribution is 2.35. The third kappa shape index (κ3) is 7.29. The van der Waals surface area contributed by atoms with Crippen molar-refractivity contribution in [2.75, 3.05) is 37.3 Å². The Labute approximate surface area is 219 Å². The second-order valence-electron chi connectivity index (χ2n) is 8.76. The smallest absolute Gasteiger partial charge is 0.244 e. The molecule has 0 aliphatic carbocycles. The lowest BCUT2D eigenvalue weighted by Gasteiger charge is -2.22. The zero-order valence-corrected chi connectivity index (χ0v) is 20.8. The minimum Gasteiger partial charge on any atom is -0.454 e. The summed E-state index contributed by atoms with van der Waals surface area (Å²) in [6.45, 7) is 3.25. The summed E-state index contributed by atoms with van der Waals surface area (Å²) in [4.78, 5) is 39.8. The summed E-state index contributed by atoms with van der Waals surface area (Å²) in [5, 5.41) is 14.3. The average molecular weight is 527 g/mol. The maximum Gasteiger partial charge on any atom is 0.244 e. The van der Waals surface area contributed by atoms with Crippen molar-refractivity contribution < 1.29 is 38.5 Å². The van der Waals surface area contributed by atoms with E-state index in [0.717, 1.165) is 6.42 Å². The number of hydrogen-bond donors (Lipinski definition) is 4. The van der Waals surface area contributed by atoms with Crippen LogP contribution in [0.15, 0.2) is 48.7 Å². The molecular formula is C26H30N4O8. The second-order valence-corrected chi connectivity index (χ2v) is 8.76. The molecule has 4 rings (SSSR count). The van der Waals surface area contributed by atoms with Gasteiger partial charge in [0, 0.05) is 35.6 Å². The van der Waals surface area contributed by atoms with Crippen LogP contribution in [0, 0.1) is 0 Å². The number of nitrogens with zero attached hydrogens (tertiary/aromatic N) is 1. The van der Waals surface area contributed by atoms with Gasteiger partial charge in [0.05, 0.1) is 0 Å². The van der Waals surface area contributed by atoms with Crippen molar-refractivity contribution in [1.29, 1.82) is 0 Å². The van der Waals surface area contributed by atoms with Crippen molar-refractivity contribution >= 4 is 29.1 Å². The molecule has 0 spiro atoms. The molecular weight excluding hydrogens is 496 g/mol. The quantitative estimate of drug-likeness (QED) is 0.228. The topological polar surface area (TPSA) is 148 Å². The summed E-state index contributed by atoms with van der Waals surface area (Å²) in [5.41, 5.74) is 3.47. The number of fused-ring (bicyclic) bond motifs is 2. The van der Waals surface area contributed by atoms with Gasteiger partial charge >= 0.3 is 0 Å². The SMILES string of the molecule is C=C(CCCCCC(=O)N(CC(=O)Nc1ccc2c(c1)OCO2)CC(=O)Nc1ccc2c(c1)OCO2)NO. The maximum atomic E-state index is 13.0. The normalized spacial score (nSPS) is 12.6. The van der Waals surface area contributed by atoms with Gasteiger partial charge in [0.15, 0.2) is 23.0 Å². The molecule has 0 saturated heterocycles. The number of rotatable bonds is 13. The standard InChI is InChI=1S/C26H30N4O8/c1-17(29-34)5-3-2-4-6-26(33)30(13-24(31)27-18-7-9-20-22(11-18)37-15-35-20)14-25(32)28-19-8-10-21-23(12-19)38-16-36-21/h7-12,29,34H,1-6,13-16H2,(H,27,31)(H,28,32). The highest BCUT2D eigenvalue weighted by Gasteiger charge is 2.22. The van der Waals surface area contributed by atoms with E-state index < -0.39 is 11.8 Å². The number of carbonyl (C=O) groups is 3. The van der Waals surface area contributed by atoms with Gasteiger partial charge in [-0.2, -0.15) is 0 Å². The minimum atomic E-state index is -0.460. The number of anilines is 2. The van der Waals surface area contributed by atoms with E-state index in [4.69, 9.17) is 24.2 Å². The Morgan fingerprint density at radius 3 is 1.79 bits per heavy atom. The molecule has 12 nitrogen and oxygen atoms in total. The zero-order valence-electron chi connectivity index (χ0n) is 20.8. The number of carbonyl (C=O) groups excluding carboxylic acids is 3. The van der Waals surface area contributed by atoms with E-state index >= 15 is 0 Å². The number of allylic oxidation sites excluding steroid dienone is 1. The predicted octanol–water partition coefficient (Wildman–Crippen LogP) is 2.99. The van der Waals surface area contributed by atoms with Crippen LogP contribution in [0.4, 0.5) is 11.4 Å². The van der Waals surface area contributed by atoms with Crippen LogP contribution in [0.5, 0.6) is 23.0 Å². The largest absolute Gasteiger partial charge is 0.454 e. The minimum absolute atomic E-state index is 0.109. The van der Waals surface area contributed by atoms with Crippen LogP contribution in [0.25, 0.3) is 0 Å². The van der Waals surface area contributed by atoms with E-state index in [2.05, 4.69) is 17.2 Å². The summed E-state index contributed by atoms with van der Waals surface area (Å²) in [5.74, 6) is 0.940. The molecule has 2 aliphatic heterocycles. The molecule has 0 bridgehead atoms. The average Bonchev–Trinajstić information content (AvgIpc) is 3.56. The molecule has 12 heteroatoms. The Bertz CT molecular complexity index is 1130. The second kappa shape index (κ2) is 12.7. The highest BCUT2D eigenvalue weighted by atomic mass is 16.7. The van der Waals surface area contributed by atoms with E-state index in [1.54, 1.807) is 36.4 Å². The lowest BCUT2D eigenvalue weighted by Crippen LogP contribution is -2.42. The molecule has 38 heavy (non-hydrogen) atoms. The third-order valence-electron chi connectivity index (χ3n) is 5.86. The summed E-state index contributed by atoms with van der Waals surface area (Å²) in [6, 6.07) is 9.96. The van der Waals surface area contributed by atoms with Crippen molar-refractivity contribution in [3.8, 4) is 23.0 Å². The Hall–Kier alpha value is -4.45. The first-order valence-electron chi connectivity index (χ1n) is 12.2. The molecule has 0 atom stereocenters. The van der Waals surface area contributed by atoms with Gasteiger partial charge < -0.3 is 34.5 Å². The van der Waals surface area contributed by atoms with Crippen LogP contribution in [0.3, 0.4) is 0 Å². The van der Waals surface area contributed by atoms with E-state index in [-0.39, 0.29) is 39.0 Å². The third-order valence-corrected chi connectivity index (χ3v) is 5.86. The molecule has 4 N–H and O–H groups in total. The highest BCUT2D eigenvalue weighted by molar-refractivity contribution is 5.98. The predicted molar refractivity (Wildman–Crippen MR) is 136 cm³/mol. The molecule has 2 aromatic rings. The van der Waals surface area contributed by atoms with Crippen LogP contribution < -0.4 is 35.1 Å². The zero-order chi connectivity index (χ0) is 26.9. The van der Waals surface area contributed by atoms with E-state index in [9.17, 15) is 14.4 Å². The fourth-order valence-electron chi connectivity index (χ4n) is 3.93.